The Balaban J connectivity index is 1.30. The first-order chi connectivity index (χ1) is 17.6. The predicted molar refractivity (Wildman–Crippen MR) is 121 cm³/mol. The quantitative estimate of drug-likeness (QED) is 0.462. The van der Waals surface area contributed by atoms with Crippen molar-refractivity contribution in [2.45, 2.75) is 49.7 Å². The van der Waals surface area contributed by atoms with Gasteiger partial charge in [-0.2, -0.15) is 0 Å². The van der Waals surface area contributed by atoms with Gasteiger partial charge in [-0.1, -0.05) is 18.2 Å². The number of benzene rings is 1. The molecule has 1 saturated carbocycles. The molecular formula is C24H25FN4O8. The Morgan fingerprint density at radius 2 is 2.08 bits per heavy atom. The van der Waals surface area contributed by atoms with E-state index in [1.165, 1.54) is 17.0 Å². The van der Waals surface area contributed by atoms with Crippen molar-refractivity contribution in [3.63, 3.8) is 0 Å². The Labute approximate surface area is 210 Å². The lowest BCUT2D eigenvalue weighted by molar-refractivity contribution is -0.145. The molecule has 4 amide bonds. The van der Waals surface area contributed by atoms with Gasteiger partial charge in [-0.25, -0.2) is 18.8 Å². The molecule has 3 N–H and O–H groups in total. The normalized spacial score (nSPS) is 29.7. The van der Waals surface area contributed by atoms with Crippen LogP contribution in [0.3, 0.4) is 0 Å². The van der Waals surface area contributed by atoms with Crippen LogP contribution in [0.15, 0.2) is 30.9 Å². The molecule has 196 valence electrons. The number of amides is 4. The lowest BCUT2D eigenvalue weighted by Crippen LogP contribution is -2.55. The monoisotopic (exact) mass is 516 g/mol. The second-order valence-electron chi connectivity index (χ2n) is 9.59. The average molecular weight is 516 g/mol. The predicted octanol–water partition coefficient (Wildman–Crippen LogP) is 0.501. The summed E-state index contributed by atoms with van der Waals surface area (Å²) in [5.74, 6) is -3.46. The summed E-state index contributed by atoms with van der Waals surface area (Å²) >= 11 is 0. The largest absolute Gasteiger partial charge is 0.479 e. The number of nitrogens with one attached hydrogen (secondary N) is 2. The van der Waals surface area contributed by atoms with Crippen molar-refractivity contribution < 1.29 is 42.9 Å². The van der Waals surface area contributed by atoms with E-state index in [1.54, 1.807) is 12.1 Å². The van der Waals surface area contributed by atoms with Crippen LogP contribution in [0, 0.1) is 11.7 Å². The topological polar surface area (TPSA) is 155 Å². The number of carbonyl (C=O) groups is 5. The highest BCUT2D eigenvalue weighted by Gasteiger charge is 2.61. The molecule has 0 spiro atoms. The molecule has 37 heavy (non-hydrogen) atoms. The molecule has 13 heteroatoms. The third-order valence-corrected chi connectivity index (χ3v) is 7.30. The van der Waals surface area contributed by atoms with Gasteiger partial charge in [0.05, 0.1) is 13.1 Å². The van der Waals surface area contributed by atoms with Crippen molar-refractivity contribution in [3.05, 3.63) is 47.8 Å². The highest BCUT2D eigenvalue weighted by atomic mass is 19.1. The summed E-state index contributed by atoms with van der Waals surface area (Å²) in [5, 5.41) is 14.5. The number of fused-ring (bicyclic) bond motifs is 1. The number of carbonyl (C=O) groups excluding carboxylic acids is 4. The lowest BCUT2D eigenvalue weighted by atomic mass is 10.1. The van der Waals surface area contributed by atoms with Gasteiger partial charge in [-0.15, -0.1) is 6.58 Å². The molecule has 3 fully saturated rings. The number of halogens is 1. The minimum Gasteiger partial charge on any atom is -0.479 e. The van der Waals surface area contributed by atoms with E-state index >= 15 is 0 Å². The molecule has 2 saturated heterocycles. The lowest BCUT2D eigenvalue weighted by Gasteiger charge is -2.27. The van der Waals surface area contributed by atoms with Gasteiger partial charge in [0.2, 0.25) is 11.8 Å². The number of rotatable bonds is 6. The first-order valence-electron chi connectivity index (χ1n) is 11.8. The molecule has 0 unspecified atom stereocenters. The maximum absolute atomic E-state index is 14.1. The van der Waals surface area contributed by atoms with Gasteiger partial charge in [-0.3, -0.25) is 14.5 Å². The Morgan fingerprint density at radius 1 is 1.30 bits per heavy atom. The van der Waals surface area contributed by atoms with E-state index in [9.17, 15) is 33.5 Å². The molecule has 5 atom stereocenters. The van der Waals surface area contributed by atoms with E-state index in [0.717, 1.165) is 4.90 Å². The zero-order valence-corrected chi connectivity index (χ0v) is 19.6. The third-order valence-electron chi connectivity index (χ3n) is 7.30. The number of nitrogens with zero attached hydrogens (tertiary/aromatic N) is 2. The van der Waals surface area contributed by atoms with Crippen LogP contribution < -0.4 is 10.6 Å². The van der Waals surface area contributed by atoms with E-state index in [4.69, 9.17) is 9.47 Å². The Morgan fingerprint density at radius 3 is 2.70 bits per heavy atom. The van der Waals surface area contributed by atoms with Gasteiger partial charge in [-0.05, 0) is 18.1 Å². The zero-order valence-electron chi connectivity index (χ0n) is 19.6. The molecule has 3 heterocycles. The van der Waals surface area contributed by atoms with Gasteiger partial charge in [0.1, 0.15) is 36.2 Å². The molecule has 0 bridgehead atoms. The van der Waals surface area contributed by atoms with E-state index < -0.39 is 65.4 Å². The molecule has 5 rings (SSSR count). The summed E-state index contributed by atoms with van der Waals surface area (Å²) < 4.78 is 24.5. The van der Waals surface area contributed by atoms with E-state index in [1.807, 2.05) is 0 Å². The van der Waals surface area contributed by atoms with Crippen molar-refractivity contribution in [1.82, 2.24) is 20.4 Å². The van der Waals surface area contributed by atoms with Gasteiger partial charge >= 0.3 is 18.2 Å². The van der Waals surface area contributed by atoms with E-state index in [0.29, 0.717) is 11.1 Å². The average Bonchev–Trinajstić information content (AvgIpc) is 3.23. The molecule has 1 aromatic carbocycles. The summed E-state index contributed by atoms with van der Waals surface area (Å²) in [7, 11) is 0. The summed E-state index contributed by atoms with van der Waals surface area (Å²) in [6.07, 6.45) is -0.891. The van der Waals surface area contributed by atoms with Crippen molar-refractivity contribution in [2.24, 2.45) is 5.92 Å². The maximum atomic E-state index is 14.1. The van der Waals surface area contributed by atoms with Crippen LogP contribution in [0.2, 0.25) is 0 Å². The molecule has 12 nitrogen and oxygen atoms in total. The molecule has 0 aromatic heterocycles. The minimum atomic E-state index is -1.52. The minimum absolute atomic E-state index is 0.0234. The molecule has 1 aromatic rings. The van der Waals surface area contributed by atoms with Crippen LogP contribution in [0.25, 0.3) is 0 Å². The van der Waals surface area contributed by atoms with Crippen LogP contribution in [-0.2, 0) is 36.9 Å². The van der Waals surface area contributed by atoms with Crippen LogP contribution in [0.1, 0.15) is 24.0 Å². The van der Waals surface area contributed by atoms with Crippen LogP contribution in [-0.4, -0.2) is 81.8 Å². The molecule has 0 radical (unpaired) electrons. The second kappa shape index (κ2) is 9.05. The smallest absolute Gasteiger partial charge is 0.410 e. The number of carboxylic acid groups (broad SMARTS) is 1. The number of hydrogen-bond acceptors (Lipinski definition) is 7. The molecule has 1 aliphatic carbocycles. The molecule has 3 aliphatic heterocycles. The van der Waals surface area contributed by atoms with Gasteiger partial charge < -0.3 is 30.1 Å². The number of likely N-dealkylation sites (tertiary alicyclic amines) is 1. The van der Waals surface area contributed by atoms with Crippen molar-refractivity contribution in [2.75, 3.05) is 13.2 Å². The second-order valence-corrected chi connectivity index (χ2v) is 9.59. The van der Waals surface area contributed by atoms with Crippen LogP contribution in [0.5, 0.6) is 0 Å². The highest BCUT2D eigenvalue weighted by Crippen LogP contribution is 2.45. The number of carboxylic acids is 1. The SMILES string of the molecule is C=C[C@@H]1C[C@]1(NC(=O)[C@@H]1C[C@@H](OC(=O)N2Cc3cccc(F)c3C2)CN1C(=O)[C@@H]1COC(=O)N1)C(=O)O. The summed E-state index contributed by atoms with van der Waals surface area (Å²) in [4.78, 5) is 65.0. The fraction of sp³-hybridized carbons (Fsp3) is 0.458. The number of alkyl carbamates (subject to hydrolysis) is 1. The zero-order chi connectivity index (χ0) is 26.5. The maximum Gasteiger partial charge on any atom is 0.410 e. The molecule has 4 aliphatic rings. The fourth-order valence-corrected chi connectivity index (χ4v) is 5.14. The number of aliphatic carboxylic acids is 1. The fourth-order valence-electron chi connectivity index (χ4n) is 5.14. The molecular weight excluding hydrogens is 491 g/mol. The summed E-state index contributed by atoms with van der Waals surface area (Å²) in [6, 6.07) is 2.39. The summed E-state index contributed by atoms with van der Waals surface area (Å²) in [6.45, 7) is 3.38. The van der Waals surface area contributed by atoms with Crippen LogP contribution >= 0.6 is 0 Å². The Hall–Kier alpha value is -4.16. The van der Waals surface area contributed by atoms with Gasteiger partial charge in [0, 0.05) is 24.4 Å². The first kappa shape index (κ1) is 24.5. The van der Waals surface area contributed by atoms with E-state index in [-0.39, 0.29) is 39.1 Å². The van der Waals surface area contributed by atoms with Crippen molar-refractivity contribution in [1.29, 1.82) is 0 Å². The Kier molecular flexibility index (Phi) is 6.00. The number of hydrogen-bond donors (Lipinski definition) is 3. The summed E-state index contributed by atoms with van der Waals surface area (Å²) in [5.41, 5.74) is -0.454. The van der Waals surface area contributed by atoms with E-state index in [2.05, 4.69) is 17.2 Å². The van der Waals surface area contributed by atoms with Gasteiger partial charge in [0.25, 0.3) is 0 Å². The van der Waals surface area contributed by atoms with Crippen LogP contribution in [0.4, 0.5) is 14.0 Å². The number of cyclic esters (lactones) is 1. The highest BCUT2D eigenvalue weighted by molar-refractivity contribution is 5.96. The van der Waals surface area contributed by atoms with Crippen molar-refractivity contribution >= 4 is 30.0 Å². The number of ether oxygens (including phenoxy) is 2. The first-order valence-corrected chi connectivity index (χ1v) is 11.8. The Bertz CT molecular complexity index is 1210. The van der Waals surface area contributed by atoms with Crippen molar-refractivity contribution in [3.8, 4) is 0 Å². The van der Waals surface area contributed by atoms with Gasteiger partial charge in [0.15, 0.2) is 0 Å². The third kappa shape index (κ3) is 4.34. The standard InChI is InChI=1S/C24H25FN4O8/c1-2-13-7-24(13,21(32)33)27-19(30)18-6-14(9-29(18)20(31)17-11-36-22(34)26-17)37-23(35)28-8-12-4-3-5-16(25)15(12)10-28/h2-5,13-14,17-18H,1,6-11H2,(H,26,34)(H,27,30)(H,32,33)/t13-,14-,17+,18+,24-/m1/s1.